The molecular weight excluding hydrogens is 351 g/mol. The van der Waals surface area contributed by atoms with Gasteiger partial charge < -0.3 is 11.1 Å². The van der Waals surface area contributed by atoms with E-state index >= 15 is 0 Å². The fourth-order valence-electron chi connectivity index (χ4n) is 2.24. The highest BCUT2D eigenvalue weighted by atomic mass is 127. The highest BCUT2D eigenvalue weighted by Gasteiger charge is 2.17. The Morgan fingerprint density at radius 1 is 1.32 bits per heavy atom. The minimum absolute atomic E-state index is 0. The van der Waals surface area contributed by atoms with E-state index in [4.69, 9.17) is 5.73 Å². The first-order valence-corrected chi connectivity index (χ1v) is 6.62. The Bertz CT molecular complexity index is 388. The van der Waals surface area contributed by atoms with Crippen LogP contribution in [0, 0.1) is 0 Å². The van der Waals surface area contributed by atoms with Crippen molar-refractivity contribution in [3.05, 3.63) is 30.3 Å². The molecule has 5 heteroatoms. The van der Waals surface area contributed by atoms with Crippen molar-refractivity contribution in [2.75, 3.05) is 25.0 Å². The molecule has 1 fully saturated rings. The average Bonchev–Trinajstić information content (AvgIpc) is 2.91. The largest absolute Gasteiger partial charge is 0.370 e. The van der Waals surface area contributed by atoms with Crippen molar-refractivity contribution in [3.63, 3.8) is 0 Å². The quantitative estimate of drug-likeness (QED) is 0.484. The van der Waals surface area contributed by atoms with Gasteiger partial charge in [0.2, 0.25) is 0 Å². The monoisotopic (exact) mass is 374 g/mol. The first-order chi connectivity index (χ1) is 8.75. The van der Waals surface area contributed by atoms with Crippen LogP contribution in [0.25, 0.3) is 0 Å². The molecular formula is C14H23IN4. The fraction of sp³-hybridized carbons (Fsp3) is 0.500. The van der Waals surface area contributed by atoms with E-state index in [1.54, 1.807) is 0 Å². The third kappa shape index (κ3) is 5.36. The lowest BCUT2D eigenvalue weighted by Gasteiger charge is -2.21. The Morgan fingerprint density at radius 2 is 1.95 bits per heavy atom. The number of hydrogen-bond donors (Lipinski definition) is 2. The van der Waals surface area contributed by atoms with Crippen molar-refractivity contribution in [3.8, 4) is 0 Å². The van der Waals surface area contributed by atoms with Crippen LogP contribution in [0.4, 0.5) is 5.69 Å². The molecule has 1 atom stereocenters. The van der Waals surface area contributed by atoms with Gasteiger partial charge in [-0.1, -0.05) is 18.2 Å². The molecule has 0 aliphatic carbocycles. The van der Waals surface area contributed by atoms with Gasteiger partial charge in [0.25, 0.3) is 0 Å². The van der Waals surface area contributed by atoms with E-state index in [2.05, 4.69) is 22.1 Å². The van der Waals surface area contributed by atoms with E-state index in [0.29, 0.717) is 12.0 Å². The predicted octanol–water partition coefficient (Wildman–Crippen LogP) is 2.52. The van der Waals surface area contributed by atoms with Crippen LogP contribution in [0.2, 0.25) is 0 Å². The summed E-state index contributed by atoms with van der Waals surface area (Å²) in [6, 6.07) is 10.4. The number of aliphatic imine (C=N–C) groups is 1. The topological polar surface area (TPSA) is 53.6 Å². The Hall–Kier alpha value is -0.820. The number of anilines is 1. The number of nitrogens with two attached hydrogens (primary N) is 1. The van der Waals surface area contributed by atoms with Crippen molar-refractivity contribution in [1.82, 2.24) is 4.90 Å². The summed E-state index contributed by atoms with van der Waals surface area (Å²) in [5.74, 6) is 0.493. The van der Waals surface area contributed by atoms with Crippen LogP contribution in [0.5, 0.6) is 0 Å². The first kappa shape index (κ1) is 16.2. The third-order valence-corrected chi connectivity index (χ3v) is 3.34. The van der Waals surface area contributed by atoms with Gasteiger partial charge in [0.1, 0.15) is 0 Å². The summed E-state index contributed by atoms with van der Waals surface area (Å²) in [5.41, 5.74) is 6.85. The number of halogens is 1. The van der Waals surface area contributed by atoms with Crippen molar-refractivity contribution in [2.45, 2.75) is 25.8 Å². The summed E-state index contributed by atoms with van der Waals surface area (Å²) in [6.07, 6.45) is 2.62. The number of nitrogens with zero attached hydrogens (tertiary/aromatic N) is 2. The van der Waals surface area contributed by atoms with Gasteiger partial charge in [-0.25, -0.2) is 0 Å². The SMILES string of the molecule is CC(CN=C(N)Nc1ccccc1)N1CCCC1.I. The number of hydrogen-bond acceptors (Lipinski definition) is 2. The zero-order chi connectivity index (χ0) is 12.8. The summed E-state index contributed by atoms with van der Waals surface area (Å²) >= 11 is 0. The van der Waals surface area contributed by atoms with Crippen LogP contribution in [0.1, 0.15) is 19.8 Å². The number of nitrogens with one attached hydrogen (secondary N) is 1. The molecule has 2 rings (SSSR count). The lowest BCUT2D eigenvalue weighted by atomic mass is 10.3. The molecule has 3 N–H and O–H groups in total. The van der Waals surface area contributed by atoms with Crippen LogP contribution in [-0.4, -0.2) is 36.5 Å². The third-order valence-electron chi connectivity index (χ3n) is 3.34. The second-order valence-corrected chi connectivity index (χ2v) is 4.81. The lowest BCUT2D eigenvalue weighted by molar-refractivity contribution is 0.265. The van der Waals surface area contributed by atoms with Crippen LogP contribution in [0.15, 0.2) is 35.3 Å². The maximum Gasteiger partial charge on any atom is 0.193 e. The van der Waals surface area contributed by atoms with E-state index < -0.39 is 0 Å². The molecule has 0 spiro atoms. The predicted molar refractivity (Wildman–Crippen MR) is 92.2 cm³/mol. The summed E-state index contributed by atoms with van der Waals surface area (Å²) in [5, 5.41) is 3.10. The number of para-hydroxylation sites is 1. The Balaban J connectivity index is 0.00000180. The molecule has 0 radical (unpaired) electrons. The minimum Gasteiger partial charge on any atom is -0.370 e. The maximum atomic E-state index is 5.87. The molecule has 0 bridgehead atoms. The van der Waals surface area contributed by atoms with Gasteiger partial charge in [-0.2, -0.15) is 0 Å². The lowest BCUT2D eigenvalue weighted by Crippen LogP contribution is -2.34. The molecule has 1 saturated heterocycles. The van der Waals surface area contributed by atoms with Crippen molar-refractivity contribution in [1.29, 1.82) is 0 Å². The van der Waals surface area contributed by atoms with E-state index in [1.165, 1.54) is 25.9 Å². The van der Waals surface area contributed by atoms with E-state index in [9.17, 15) is 0 Å². The average molecular weight is 374 g/mol. The van der Waals surface area contributed by atoms with Gasteiger partial charge in [-0.15, -0.1) is 24.0 Å². The van der Waals surface area contributed by atoms with Crippen LogP contribution in [-0.2, 0) is 0 Å². The van der Waals surface area contributed by atoms with Crippen LogP contribution >= 0.6 is 24.0 Å². The van der Waals surface area contributed by atoms with E-state index in [0.717, 1.165) is 12.2 Å². The molecule has 1 unspecified atom stereocenters. The molecule has 0 amide bonds. The van der Waals surface area contributed by atoms with Gasteiger partial charge in [-0.3, -0.25) is 9.89 Å². The van der Waals surface area contributed by atoms with Crippen LogP contribution < -0.4 is 11.1 Å². The minimum atomic E-state index is 0. The van der Waals surface area contributed by atoms with Crippen molar-refractivity contribution >= 4 is 35.6 Å². The summed E-state index contributed by atoms with van der Waals surface area (Å²) < 4.78 is 0. The smallest absolute Gasteiger partial charge is 0.193 e. The van der Waals surface area contributed by atoms with Gasteiger partial charge in [-0.05, 0) is 45.0 Å². The summed E-state index contributed by atoms with van der Waals surface area (Å²) in [7, 11) is 0. The Labute approximate surface area is 132 Å². The maximum absolute atomic E-state index is 5.87. The molecule has 106 valence electrons. The first-order valence-electron chi connectivity index (χ1n) is 6.62. The van der Waals surface area contributed by atoms with Crippen LogP contribution in [0.3, 0.4) is 0 Å². The Morgan fingerprint density at radius 3 is 2.58 bits per heavy atom. The Kier molecular flexibility index (Phi) is 7.15. The highest BCUT2D eigenvalue weighted by Crippen LogP contribution is 2.11. The second-order valence-electron chi connectivity index (χ2n) is 4.81. The van der Waals surface area contributed by atoms with Gasteiger partial charge in [0.15, 0.2) is 5.96 Å². The van der Waals surface area contributed by atoms with Gasteiger partial charge in [0.05, 0.1) is 6.54 Å². The zero-order valence-corrected chi connectivity index (χ0v) is 13.7. The van der Waals surface area contributed by atoms with E-state index in [-0.39, 0.29) is 24.0 Å². The van der Waals surface area contributed by atoms with Crippen molar-refractivity contribution < 1.29 is 0 Å². The highest BCUT2D eigenvalue weighted by molar-refractivity contribution is 14.0. The number of guanidine groups is 1. The summed E-state index contributed by atoms with van der Waals surface area (Å²) in [4.78, 5) is 6.88. The molecule has 1 aromatic rings. The van der Waals surface area contributed by atoms with E-state index in [1.807, 2.05) is 30.3 Å². The summed E-state index contributed by atoms with van der Waals surface area (Å²) in [6.45, 7) is 5.36. The molecule has 0 aromatic heterocycles. The number of rotatable bonds is 4. The van der Waals surface area contributed by atoms with Crippen molar-refractivity contribution in [2.24, 2.45) is 10.7 Å². The van der Waals surface area contributed by atoms with Gasteiger partial charge in [0, 0.05) is 11.7 Å². The molecule has 0 saturated carbocycles. The zero-order valence-electron chi connectivity index (χ0n) is 11.4. The van der Waals surface area contributed by atoms with Gasteiger partial charge >= 0.3 is 0 Å². The number of likely N-dealkylation sites (tertiary alicyclic amines) is 1. The number of benzene rings is 1. The normalized spacial score (nSPS) is 17.8. The molecule has 1 aliphatic rings. The molecule has 1 aliphatic heterocycles. The molecule has 1 heterocycles. The standard InChI is InChI=1S/C14H22N4.HI/c1-12(18-9-5-6-10-18)11-16-14(15)17-13-7-3-2-4-8-13;/h2-4,7-8,12H,5-6,9-11H2,1H3,(H3,15,16,17);1H. The molecule has 19 heavy (non-hydrogen) atoms. The molecule has 4 nitrogen and oxygen atoms in total. The fourth-order valence-corrected chi connectivity index (χ4v) is 2.24. The second kappa shape index (κ2) is 8.37. The molecule has 1 aromatic carbocycles.